The quantitative estimate of drug-likeness (QED) is 0.481. The summed E-state index contributed by atoms with van der Waals surface area (Å²) >= 11 is 0. The fourth-order valence-electron chi connectivity index (χ4n) is 2.68. The van der Waals surface area contributed by atoms with Crippen LogP contribution in [0.1, 0.15) is 26.3 Å². The second-order valence-corrected chi connectivity index (χ2v) is 7.96. The Labute approximate surface area is 196 Å². The third-order valence-electron chi connectivity index (χ3n) is 4.26. The number of nitrogens with two attached hydrogens (primary N) is 1. The second-order valence-electron chi connectivity index (χ2n) is 6.46. The maximum absolute atomic E-state index is 12.1. The van der Waals surface area contributed by atoms with Gasteiger partial charge in [-0.25, -0.2) is 18.5 Å². The van der Waals surface area contributed by atoms with Crippen molar-refractivity contribution < 1.29 is 23.5 Å². The van der Waals surface area contributed by atoms with Crippen molar-refractivity contribution in [3.63, 3.8) is 0 Å². The Bertz CT molecular complexity index is 1910. The Kier molecular flexibility index (Phi) is 2.76. The topological polar surface area (TPSA) is 119 Å². The van der Waals surface area contributed by atoms with Crippen LogP contribution in [0.3, 0.4) is 0 Å². The standard InChI is InChI=1S/C21H23N7O2S/c1-13-5-6-15(11-19(13)31(22,29)30)24-21-23-10-9-20(25-21)27(3)16-7-8-17-14(2)28(4)26-18(17)12-16/h5-12H,1-4H3,(H2,22,29,30)(H,23,24,25)/i2D3,5D,6D,7D,8D,9D,10D,11D,12D. The number of aromatic nitrogens is 4. The van der Waals surface area contributed by atoms with Gasteiger partial charge in [0.15, 0.2) is 0 Å². The van der Waals surface area contributed by atoms with E-state index in [4.69, 9.17) is 20.2 Å². The molecule has 2 aromatic heterocycles. The van der Waals surface area contributed by atoms with Crippen molar-refractivity contribution in [1.29, 1.82) is 0 Å². The summed E-state index contributed by atoms with van der Waals surface area (Å²) in [7, 11) is -1.86. The molecule has 0 aliphatic rings. The highest BCUT2D eigenvalue weighted by Crippen LogP contribution is 2.28. The molecule has 0 fully saturated rings. The van der Waals surface area contributed by atoms with Crippen LogP contribution in [0.5, 0.6) is 0 Å². The minimum absolute atomic E-state index is 0.188. The van der Waals surface area contributed by atoms with Gasteiger partial charge in [-0.1, -0.05) is 6.04 Å². The Morgan fingerprint density at radius 3 is 2.77 bits per heavy atom. The van der Waals surface area contributed by atoms with Crippen LogP contribution in [0.15, 0.2) is 53.4 Å². The lowest BCUT2D eigenvalue weighted by atomic mass is 10.2. The minimum Gasteiger partial charge on any atom is -0.329 e. The van der Waals surface area contributed by atoms with E-state index in [0.717, 1.165) is 9.58 Å². The highest BCUT2D eigenvalue weighted by Gasteiger charge is 2.14. The molecule has 0 saturated carbocycles. The fourth-order valence-corrected chi connectivity index (χ4v) is 3.40. The van der Waals surface area contributed by atoms with Crippen LogP contribution in [0, 0.1) is 13.8 Å². The molecule has 4 rings (SSSR count). The van der Waals surface area contributed by atoms with Gasteiger partial charge < -0.3 is 10.2 Å². The van der Waals surface area contributed by atoms with E-state index in [1.54, 1.807) is 0 Å². The number of rotatable bonds is 5. The van der Waals surface area contributed by atoms with Crippen LogP contribution in [-0.2, 0) is 17.1 Å². The van der Waals surface area contributed by atoms with Crippen LogP contribution in [0.2, 0.25) is 0 Å². The molecule has 2 aromatic carbocycles. The van der Waals surface area contributed by atoms with Crippen molar-refractivity contribution in [2.75, 3.05) is 17.3 Å². The average Bonchev–Trinajstić information content (AvgIpc) is 3.23. The van der Waals surface area contributed by atoms with Crippen LogP contribution < -0.4 is 15.4 Å². The highest BCUT2D eigenvalue weighted by molar-refractivity contribution is 7.89. The molecule has 10 heteroatoms. The molecule has 3 N–H and O–H groups in total. The van der Waals surface area contributed by atoms with Crippen molar-refractivity contribution in [1.82, 2.24) is 19.7 Å². The van der Waals surface area contributed by atoms with E-state index < -0.39 is 81.9 Å². The highest BCUT2D eigenvalue weighted by atomic mass is 32.2. The van der Waals surface area contributed by atoms with Gasteiger partial charge in [-0.05, 0) is 55.6 Å². The number of primary sulfonamides is 1. The molecule has 0 atom stereocenters. The van der Waals surface area contributed by atoms with E-state index in [1.165, 1.54) is 21.0 Å². The van der Waals surface area contributed by atoms with Crippen LogP contribution in [-0.4, -0.2) is 35.2 Å². The second kappa shape index (κ2) is 7.64. The molecule has 31 heavy (non-hydrogen) atoms. The van der Waals surface area contributed by atoms with Crippen molar-refractivity contribution in [3.8, 4) is 0 Å². The average molecular weight is 449 g/mol. The number of anilines is 4. The van der Waals surface area contributed by atoms with Crippen molar-refractivity contribution in [2.45, 2.75) is 18.7 Å². The SMILES string of the molecule is [2H]c1nc(Nc2c([2H])c([2H])c(C)c(S(N)(=O)=O)c2[2H])nc(N(C)c2c([2H])c([2H])c3c(C([2H])([2H])[2H])n(C)nc3c2[2H])c1[2H]. The number of aryl methyl sites for hydroxylation is 2. The lowest BCUT2D eigenvalue weighted by molar-refractivity contribution is 0.597. The van der Waals surface area contributed by atoms with Gasteiger partial charge in [0.1, 0.15) is 5.82 Å². The first-order valence-electron chi connectivity index (χ1n) is 14.2. The van der Waals surface area contributed by atoms with Gasteiger partial charge in [-0.3, -0.25) is 4.68 Å². The van der Waals surface area contributed by atoms with Crippen LogP contribution in [0.25, 0.3) is 10.9 Å². The number of benzene rings is 2. The lowest BCUT2D eigenvalue weighted by Crippen LogP contribution is -2.14. The summed E-state index contributed by atoms with van der Waals surface area (Å²) in [6, 6.07) is -4.02. The van der Waals surface area contributed by atoms with E-state index in [9.17, 15) is 8.42 Å². The first-order valence-corrected chi connectivity index (χ1v) is 10.2. The normalized spacial score (nSPS) is 17.1. The Balaban J connectivity index is 1.92. The van der Waals surface area contributed by atoms with E-state index in [2.05, 4.69) is 20.4 Å². The van der Waals surface area contributed by atoms with Crippen molar-refractivity contribution in [3.05, 3.63) is 59.7 Å². The Morgan fingerprint density at radius 1 is 1.23 bits per heavy atom. The van der Waals surface area contributed by atoms with Crippen LogP contribution in [0.4, 0.5) is 23.1 Å². The van der Waals surface area contributed by atoms with Crippen molar-refractivity contribution in [2.24, 2.45) is 12.2 Å². The van der Waals surface area contributed by atoms with Gasteiger partial charge in [0.05, 0.1) is 21.4 Å². The molecular formula is C21H23N7O2S. The molecule has 0 radical (unpaired) electrons. The number of hydrogen-bond acceptors (Lipinski definition) is 7. The molecule has 2 heterocycles. The van der Waals surface area contributed by atoms with E-state index in [-0.39, 0.29) is 33.7 Å². The number of nitrogens with one attached hydrogen (secondary N) is 1. The molecule has 0 amide bonds. The van der Waals surface area contributed by atoms with Gasteiger partial charge >= 0.3 is 0 Å². The van der Waals surface area contributed by atoms with E-state index >= 15 is 0 Å². The Hall–Kier alpha value is -3.50. The fraction of sp³-hybridized carbons (Fsp3) is 0.190. The molecule has 0 aliphatic carbocycles. The number of nitrogens with zero attached hydrogens (tertiary/aromatic N) is 5. The molecule has 4 aromatic rings. The zero-order valence-corrected chi connectivity index (χ0v) is 17.4. The summed E-state index contributed by atoms with van der Waals surface area (Å²) in [5.41, 5.74) is -1.53. The zero-order chi connectivity index (χ0) is 31.8. The summed E-state index contributed by atoms with van der Waals surface area (Å²) in [6.45, 7) is -1.47. The third-order valence-corrected chi connectivity index (χ3v) is 5.24. The first-order chi connectivity index (χ1) is 19.2. The molecule has 0 aliphatic heterocycles. The van der Waals surface area contributed by atoms with Gasteiger partial charge in [-0.2, -0.15) is 10.1 Å². The first kappa shape index (κ1) is 11.2. The van der Waals surface area contributed by atoms with E-state index in [1.807, 2.05) is 0 Å². The minimum atomic E-state index is -4.48. The molecule has 9 nitrogen and oxygen atoms in total. The molecule has 0 saturated heterocycles. The molecular weight excluding hydrogens is 414 g/mol. The maximum Gasteiger partial charge on any atom is 0.238 e. The molecule has 0 spiro atoms. The summed E-state index contributed by atoms with van der Waals surface area (Å²) in [5.74, 6) is -0.857. The predicted octanol–water partition coefficient (Wildman–Crippen LogP) is 3.14. The molecule has 0 bridgehead atoms. The van der Waals surface area contributed by atoms with E-state index in [0.29, 0.717) is 0 Å². The summed E-state index contributed by atoms with van der Waals surface area (Å²) < 4.78 is 116. The summed E-state index contributed by atoms with van der Waals surface area (Å²) in [4.78, 5) is 8.27. The molecule has 160 valence electrons. The van der Waals surface area contributed by atoms with Gasteiger partial charge in [0.25, 0.3) is 0 Å². The van der Waals surface area contributed by atoms with Crippen LogP contribution >= 0.6 is 0 Å². The van der Waals surface area contributed by atoms with Crippen molar-refractivity contribution >= 4 is 44.1 Å². The summed E-state index contributed by atoms with van der Waals surface area (Å²) in [5, 5.41) is 11.6. The molecule has 0 unspecified atom stereocenters. The third kappa shape index (κ3) is 4.07. The lowest BCUT2D eigenvalue weighted by Gasteiger charge is -2.19. The monoisotopic (exact) mass is 448 g/mol. The van der Waals surface area contributed by atoms with Gasteiger partial charge in [-0.15, -0.1) is 0 Å². The summed E-state index contributed by atoms with van der Waals surface area (Å²) in [6.07, 6.45) is -0.676. The Morgan fingerprint density at radius 2 is 2.03 bits per heavy atom. The number of hydrogen-bond donors (Lipinski definition) is 2. The maximum atomic E-state index is 12.1. The number of sulfonamides is 1. The predicted molar refractivity (Wildman–Crippen MR) is 121 cm³/mol. The zero-order valence-electron chi connectivity index (χ0n) is 27.5. The number of fused-ring (bicyclic) bond motifs is 1. The van der Waals surface area contributed by atoms with Gasteiger partial charge in [0.2, 0.25) is 16.0 Å². The smallest absolute Gasteiger partial charge is 0.238 e. The largest absolute Gasteiger partial charge is 0.329 e. The van der Waals surface area contributed by atoms with Gasteiger partial charge in [0, 0.05) is 46.8 Å².